The van der Waals surface area contributed by atoms with Crippen LogP contribution in [-0.2, 0) is 11.2 Å². The van der Waals surface area contributed by atoms with Gasteiger partial charge in [0.1, 0.15) is 5.52 Å². The van der Waals surface area contributed by atoms with Crippen LogP contribution in [-0.4, -0.2) is 26.2 Å². The first-order chi connectivity index (χ1) is 11.1. The van der Waals surface area contributed by atoms with E-state index in [-0.39, 0.29) is 22.6 Å². The molecule has 0 saturated carbocycles. The van der Waals surface area contributed by atoms with Crippen molar-refractivity contribution in [3.05, 3.63) is 58.1 Å². The maximum Gasteiger partial charge on any atom is 0.299 e. The Balaban J connectivity index is 1.74. The largest absolute Gasteiger partial charge is 0.324 e. The molecule has 1 heterocycles. The quantitative estimate of drug-likeness (QED) is 0.555. The van der Waals surface area contributed by atoms with E-state index in [0.29, 0.717) is 18.5 Å². The molecule has 0 bridgehead atoms. The lowest BCUT2D eigenvalue weighted by molar-refractivity contribution is -0.383. The number of fused-ring (bicyclic) bond motifs is 1. The minimum absolute atomic E-state index is 0.121. The summed E-state index contributed by atoms with van der Waals surface area (Å²) in [5, 5.41) is 23.7. The molecule has 0 saturated heterocycles. The Hall–Kier alpha value is -3.29. The molecule has 0 aliphatic rings. The summed E-state index contributed by atoms with van der Waals surface area (Å²) in [4.78, 5) is 22.5. The first-order valence-electron chi connectivity index (χ1n) is 6.97. The number of carbonyl (C=O) groups excluding carboxylic acids is 1. The molecule has 8 heteroatoms. The van der Waals surface area contributed by atoms with Gasteiger partial charge in [-0.3, -0.25) is 14.9 Å². The Morgan fingerprint density at radius 2 is 1.87 bits per heavy atom. The summed E-state index contributed by atoms with van der Waals surface area (Å²) in [5.74, 6) is -0.188. The number of benzene rings is 2. The summed E-state index contributed by atoms with van der Waals surface area (Å²) < 4.78 is 0. The summed E-state index contributed by atoms with van der Waals surface area (Å²) >= 11 is 0. The summed E-state index contributed by atoms with van der Waals surface area (Å²) in [6.45, 7) is 0. The molecule has 0 spiro atoms. The van der Waals surface area contributed by atoms with Crippen molar-refractivity contribution in [2.45, 2.75) is 12.8 Å². The van der Waals surface area contributed by atoms with Gasteiger partial charge in [0.25, 0.3) is 5.69 Å². The number of aryl methyl sites for hydroxylation is 1. The fraction of sp³-hybridized carbons (Fsp3) is 0.133. The van der Waals surface area contributed by atoms with E-state index in [0.717, 1.165) is 5.56 Å². The molecular formula is C15H13N5O3. The van der Waals surface area contributed by atoms with Gasteiger partial charge in [0.2, 0.25) is 5.91 Å². The van der Waals surface area contributed by atoms with Crippen molar-refractivity contribution in [2.24, 2.45) is 0 Å². The lowest BCUT2D eigenvalue weighted by Crippen LogP contribution is -2.12. The third-order valence-electron chi connectivity index (χ3n) is 3.41. The van der Waals surface area contributed by atoms with Crippen molar-refractivity contribution < 1.29 is 9.72 Å². The Morgan fingerprint density at radius 3 is 2.61 bits per heavy atom. The average Bonchev–Trinajstić information content (AvgIpc) is 3.04. The van der Waals surface area contributed by atoms with Crippen LogP contribution in [0.15, 0.2) is 42.5 Å². The number of nitro groups is 1. The minimum Gasteiger partial charge on any atom is -0.324 e. The van der Waals surface area contributed by atoms with E-state index in [2.05, 4.69) is 20.7 Å². The van der Waals surface area contributed by atoms with E-state index >= 15 is 0 Å². The maximum atomic E-state index is 12.1. The molecule has 3 rings (SSSR count). The summed E-state index contributed by atoms with van der Waals surface area (Å²) in [5.41, 5.74) is 1.70. The van der Waals surface area contributed by atoms with Gasteiger partial charge < -0.3 is 5.32 Å². The van der Waals surface area contributed by atoms with Gasteiger partial charge in [0.15, 0.2) is 5.52 Å². The highest BCUT2D eigenvalue weighted by molar-refractivity contribution is 6.01. The number of amides is 1. The van der Waals surface area contributed by atoms with Crippen LogP contribution in [0.5, 0.6) is 0 Å². The molecule has 0 aliphatic heterocycles. The van der Waals surface area contributed by atoms with E-state index in [1.54, 1.807) is 0 Å². The Kier molecular flexibility index (Phi) is 3.96. The van der Waals surface area contributed by atoms with E-state index in [1.165, 1.54) is 12.1 Å². The zero-order valence-electron chi connectivity index (χ0n) is 12.0. The number of nitrogens with zero attached hydrogens (tertiary/aromatic N) is 3. The van der Waals surface area contributed by atoms with Gasteiger partial charge in [-0.1, -0.05) is 30.3 Å². The second-order valence-electron chi connectivity index (χ2n) is 4.94. The minimum atomic E-state index is -0.536. The third kappa shape index (κ3) is 3.15. The monoisotopic (exact) mass is 311 g/mol. The van der Waals surface area contributed by atoms with Gasteiger partial charge in [-0.05, 0) is 18.1 Å². The van der Waals surface area contributed by atoms with Crippen LogP contribution in [0.2, 0.25) is 0 Å². The Morgan fingerprint density at radius 1 is 1.13 bits per heavy atom. The maximum absolute atomic E-state index is 12.1. The van der Waals surface area contributed by atoms with Crippen LogP contribution in [0.4, 0.5) is 11.4 Å². The van der Waals surface area contributed by atoms with Gasteiger partial charge in [0.05, 0.1) is 10.6 Å². The number of hydrogen-bond acceptors (Lipinski definition) is 5. The van der Waals surface area contributed by atoms with Crippen LogP contribution >= 0.6 is 0 Å². The normalized spacial score (nSPS) is 10.6. The molecule has 1 aromatic heterocycles. The number of nitro benzene ring substituents is 1. The average molecular weight is 311 g/mol. The molecule has 0 radical (unpaired) electrons. The van der Waals surface area contributed by atoms with E-state index in [9.17, 15) is 14.9 Å². The molecule has 0 unspecified atom stereocenters. The van der Waals surface area contributed by atoms with Crippen molar-refractivity contribution in [3.63, 3.8) is 0 Å². The highest BCUT2D eigenvalue weighted by Crippen LogP contribution is 2.28. The number of H-pyrrole nitrogens is 1. The molecular weight excluding hydrogens is 298 g/mol. The topological polar surface area (TPSA) is 114 Å². The van der Waals surface area contributed by atoms with E-state index in [1.807, 2.05) is 30.3 Å². The predicted octanol–water partition coefficient (Wildman–Crippen LogP) is 2.44. The van der Waals surface area contributed by atoms with Gasteiger partial charge in [-0.2, -0.15) is 10.3 Å². The molecule has 0 aliphatic carbocycles. The van der Waals surface area contributed by atoms with Gasteiger partial charge >= 0.3 is 0 Å². The predicted molar refractivity (Wildman–Crippen MR) is 83.9 cm³/mol. The first kappa shape index (κ1) is 14.6. The number of carbonyl (C=O) groups is 1. The lowest BCUT2D eigenvalue weighted by atomic mass is 10.1. The number of rotatable bonds is 5. The first-order valence-corrected chi connectivity index (χ1v) is 6.97. The number of aromatic nitrogens is 3. The molecule has 2 N–H and O–H groups in total. The number of non-ortho nitro benzene ring substituents is 1. The van der Waals surface area contributed by atoms with Crippen LogP contribution in [0, 0.1) is 10.1 Å². The second kappa shape index (κ2) is 6.22. The van der Waals surface area contributed by atoms with Crippen molar-refractivity contribution in [2.75, 3.05) is 5.32 Å². The van der Waals surface area contributed by atoms with Crippen molar-refractivity contribution >= 4 is 28.3 Å². The van der Waals surface area contributed by atoms with Crippen LogP contribution in [0.25, 0.3) is 11.0 Å². The Bertz CT molecular complexity index is 860. The third-order valence-corrected chi connectivity index (χ3v) is 3.41. The zero-order chi connectivity index (χ0) is 16.2. The molecule has 116 valence electrons. The van der Waals surface area contributed by atoms with Crippen LogP contribution in [0.3, 0.4) is 0 Å². The van der Waals surface area contributed by atoms with E-state index < -0.39 is 4.92 Å². The highest BCUT2D eigenvalue weighted by atomic mass is 16.6. The Labute approximate surface area is 130 Å². The molecule has 0 fully saturated rings. The van der Waals surface area contributed by atoms with Crippen molar-refractivity contribution in [1.82, 2.24) is 15.4 Å². The van der Waals surface area contributed by atoms with Crippen molar-refractivity contribution in [3.8, 4) is 0 Å². The van der Waals surface area contributed by atoms with E-state index in [4.69, 9.17) is 0 Å². The fourth-order valence-corrected chi connectivity index (χ4v) is 2.28. The molecule has 23 heavy (non-hydrogen) atoms. The SMILES string of the molecule is O=C(CCc1ccccc1)Nc1ccc([N+](=O)[O-])c2n[nH]nc12. The molecule has 0 atom stereocenters. The summed E-state index contributed by atoms with van der Waals surface area (Å²) in [6, 6.07) is 12.4. The lowest BCUT2D eigenvalue weighted by Gasteiger charge is -2.06. The van der Waals surface area contributed by atoms with Gasteiger partial charge in [-0.15, -0.1) is 5.10 Å². The second-order valence-corrected chi connectivity index (χ2v) is 4.94. The standard InChI is InChI=1S/C15H13N5O3/c21-13(9-6-10-4-2-1-3-5-10)16-11-7-8-12(20(22)23)15-14(11)17-19-18-15/h1-5,7-8H,6,9H2,(H,16,21)(H,17,18,19). The molecule has 3 aromatic rings. The van der Waals surface area contributed by atoms with Crippen molar-refractivity contribution in [1.29, 1.82) is 0 Å². The van der Waals surface area contributed by atoms with Crippen LogP contribution in [0.1, 0.15) is 12.0 Å². The fourth-order valence-electron chi connectivity index (χ4n) is 2.28. The summed E-state index contributed by atoms with van der Waals surface area (Å²) in [6.07, 6.45) is 0.919. The molecule has 8 nitrogen and oxygen atoms in total. The summed E-state index contributed by atoms with van der Waals surface area (Å²) in [7, 11) is 0. The van der Waals surface area contributed by atoms with Gasteiger partial charge in [0, 0.05) is 12.5 Å². The zero-order valence-corrected chi connectivity index (χ0v) is 12.0. The smallest absolute Gasteiger partial charge is 0.299 e. The number of nitrogens with one attached hydrogen (secondary N) is 2. The number of aromatic amines is 1. The molecule has 1 amide bonds. The number of hydrogen-bond donors (Lipinski definition) is 2. The van der Waals surface area contributed by atoms with Gasteiger partial charge in [-0.25, -0.2) is 0 Å². The number of anilines is 1. The van der Waals surface area contributed by atoms with Crippen LogP contribution < -0.4 is 5.32 Å². The molecule has 2 aromatic carbocycles. The highest BCUT2D eigenvalue weighted by Gasteiger charge is 2.19.